The minimum Gasteiger partial charge on any atom is -0.339 e. The number of hydrogen-bond acceptors (Lipinski definition) is 5. The normalized spacial score (nSPS) is 23.3. The zero-order valence-corrected chi connectivity index (χ0v) is 16.6. The number of nitrogens with zero attached hydrogens (tertiary/aromatic N) is 2. The Morgan fingerprint density at radius 1 is 0.931 bits per heavy atom. The van der Waals surface area contributed by atoms with E-state index >= 15 is 0 Å². The van der Waals surface area contributed by atoms with Gasteiger partial charge in [-0.2, -0.15) is 4.31 Å². The van der Waals surface area contributed by atoms with Crippen LogP contribution in [-0.4, -0.2) is 55.8 Å². The molecule has 2 fully saturated rings. The highest BCUT2D eigenvalue weighted by molar-refractivity contribution is 7.89. The first-order chi connectivity index (χ1) is 13.9. The second kappa shape index (κ2) is 8.19. The number of sulfonamides is 1. The monoisotopic (exact) mass is 418 g/mol. The first-order valence-corrected chi connectivity index (χ1v) is 11.0. The summed E-state index contributed by atoms with van der Waals surface area (Å²) in [4.78, 5) is 14.8. The van der Waals surface area contributed by atoms with E-state index in [-0.39, 0.29) is 35.8 Å². The fourth-order valence-electron chi connectivity index (χ4n) is 3.74. The van der Waals surface area contributed by atoms with Gasteiger partial charge in [-0.3, -0.25) is 4.79 Å². The lowest BCUT2D eigenvalue weighted by Crippen LogP contribution is -2.54. The third-order valence-electron chi connectivity index (χ3n) is 5.40. The van der Waals surface area contributed by atoms with Gasteiger partial charge in [-0.25, -0.2) is 23.7 Å². The lowest BCUT2D eigenvalue weighted by Gasteiger charge is -2.35. The van der Waals surface area contributed by atoms with Gasteiger partial charge in [-0.15, -0.1) is 0 Å². The van der Waals surface area contributed by atoms with Crippen LogP contribution in [0.2, 0.25) is 0 Å². The molecule has 0 saturated carbocycles. The van der Waals surface area contributed by atoms with Crippen molar-refractivity contribution in [3.05, 3.63) is 66.0 Å². The van der Waals surface area contributed by atoms with E-state index in [1.54, 1.807) is 47.4 Å². The van der Waals surface area contributed by atoms with Gasteiger partial charge in [0.05, 0.1) is 4.90 Å². The van der Waals surface area contributed by atoms with Gasteiger partial charge in [-0.1, -0.05) is 30.3 Å². The summed E-state index contributed by atoms with van der Waals surface area (Å²) in [6.07, 6.45) is 0.549. The van der Waals surface area contributed by atoms with E-state index in [9.17, 15) is 17.6 Å². The lowest BCUT2D eigenvalue weighted by atomic mass is 10.0. The van der Waals surface area contributed by atoms with Gasteiger partial charge in [0.15, 0.2) is 0 Å². The number of hydrazine groups is 1. The molecular weight excluding hydrogens is 395 g/mol. The van der Waals surface area contributed by atoms with Gasteiger partial charge in [0, 0.05) is 32.2 Å². The Labute approximate surface area is 169 Å². The predicted octanol–water partition coefficient (Wildman–Crippen LogP) is 1.27. The summed E-state index contributed by atoms with van der Waals surface area (Å²) in [5, 5.41) is 0. The number of hydrogen-bond donors (Lipinski definition) is 2. The maximum atomic E-state index is 13.1. The maximum Gasteiger partial charge on any atom is 0.243 e. The fraction of sp³-hybridized carbons (Fsp3) is 0.350. The Balaban J connectivity index is 1.34. The highest BCUT2D eigenvalue weighted by Gasteiger charge is 2.36. The quantitative estimate of drug-likeness (QED) is 0.782. The molecule has 0 spiro atoms. The summed E-state index contributed by atoms with van der Waals surface area (Å²) in [6, 6.07) is 14.1. The van der Waals surface area contributed by atoms with E-state index in [2.05, 4.69) is 10.9 Å². The van der Waals surface area contributed by atoms with E-state index in [0.29, 0.717) is 19.5 Å². The number of piperazine rings is 1. The molecule has 2 aromatic rings. The topological polar surface area (TPSA) is 81.8 Å². The first-order valence-electron chi connectivity index (χ1n) is 9.55. The van der Waals surface area contributed by atoms with E-state index in [1.165, 1.54) is 16.4 Å². The van der Waals surface area contributed by atoms with Gasteiger partial charge in [-0.05, 0) is 36.2 Å². The highest BCUT2D eigenvalue weighted by Crippen LogP contribution is 2.24. The van der Waals surface area contributed by atoms with Gasteiger partial charge in [0.25, 0.3) is 0 Å². The molecule has 1 amide bonds. The number of nitrogens with one attached hydrogen (secondary N) is 2. The average Bonchev–Trinajstić information content (AvgIpc) is 3.25. The molecule has 2 heterocycles. The molecule has 7 nitrogen and oxygen atoms in total. The third-order valence-corrected chi connectivity index (χ3v) is 7.32. The van der Waals surface area contributed by atoms with Crippen LogP contribution in [0.15, 0.2) is 59.5 Å². The second-order valence-corrected chi connectivity index (χ2v) is 9.16. The van der Waals surface area contributed by atoms with Crippen LogP contribution in [0.3, 0.4) is 0 Å². The summed E-state index contributed by atoms with van der Waals surface area (Å²) in [6.45, 7) is 1.24. The third kappa shape index (κ3) is 4.18. The van der Waals surface area contributed by atoms with Crippen LogP contribution in [0, 0.1) is 5.82 Å². The molecule has 0 radical (unpaired) electrons. The van der Waals surface area contributed by atoms with Crippen molar-refractivity contribution in [2.24, 2.45) is 0 Å². The zero-order valence-electron chi connectivity index (χ0n) is 15.8. The molecule has 0 bridgehead atoms. The van der Waals surface area contributed by atoms with Crippen LogP contribution in [0.5, 0.6) is 0 Å². The maximum absolute atomic E-state index is 13.1. The van der Waals surface area contributed by atoms with E-state index in [1.807, 2.05) is 0 Å². The fourth-order valence-corrected chi connectivity index (χ4v) is 5.19. The van der Waals surface area contributed by atoms with Gasteiger partial charge >= 0.3 is 0 Å². The number of carbonyl (C=O) groups is 1. The molecule has 0 aromatic heterocycles. The Bertz CT molecular complexity index is 961. The lowest BCUT2D eigenvalue weighted by molar-refractivity contribution is -0.134. The predicted molar refractivity (Wildman–Crippen MR) is 106 cm³/mol. The molecule has 0 aliphatic carbocycles. The molecule has 154 valence electrons. The Hall–Kier alpha value is -2.33. The highest BCUT2D eigenvalue weighted by atomic mass is 32.2. The summed E-state index contributed by atoms with van der Waals surface area (Å²) in [5.41, 5.74) is 7.02. The standard InChI is InChI=1S/C20H23FN4O3S/c21-16-8-6-15(7-9-16)18-14-19(23-22-18)20(26)24-10-12-25(13-11-24)29(27,28)17-4-2-1-3-5-17/h1-9,18-19,22-23H,10-14H2. The first kappa shape index (κ1) is 20.0. The number of amides is 1. The van der Waals surface area contributed by atoms with Crippen molar-refractivity contribution >= 4 is 15.9 Å². The minimum atomic E-state index is -3.54. The summed E-state index contributed by atoms with van der Waals surface area (Å²) in [7, 11) is -3.54. The molecule has 2 unspecified atom stereocenters. The van der Waals surface area contributed by atoms with E-state index in [4.69, 9.17) is 0 Å². The van der Waals surface area contributed by atoms with Crippen LogP contribution in [0.25, 0.3) is 0 Å². The molecular formula is C20H23FN4O3S. The Morgan fingerprint density at radius 3 is 2.24 bits per heavy atom. The minimum absolute atomic E-state index is 0.0566. The Morgan fingerprint density at radius 2 is 1.59 bits per heavy atom. The largest absolute Gasteiger partial charge is 0.339 e. The van der Waals surface area contributed by atoms with Crippen LogP contribution < -0.4 is 10.9 Å². The van der Waals surface area contributed by atoms with Crippen LogP contribution >= 0.6 is 0 Å². The molecule has 4 rings (SSSR count). The molecule has 2 aliphatic rings. The van der Waals surface area contributed by atoms with Crippen molar-refractivity contribution in [1.82, 2.24) is 20.1 Å². The number of benzene rings is 2. The Kier molecular flexibility index (Phi) is 5.64. The molecule has 2 atom stereocenters. The van der Waals surface area contributed by atoms with Crippen molar-refractivity contribution in [2.45, 2.75) is 23.4 Å². The van der Waals surface area contributed by atoms with Gasteiger partial charge < -0.3 is 4.90 Å². The van der Waals surface area contributed by atoms with Crippen LogP contribution in [0.4, 0.5) is 4.39 Å². The van der Waals surface area contributed by atoms with Crippen molar-refractivity contribution in [3.63, 3.8) is 0 Å². The summed E-state index contributed by atoms with van der Waals surface area (Å²) < 4.78 is 40.0. The number of carbonyl (C=O) groups excluding carboxylic acids is 1. The molecule has 9 heteroatoms. The van der Waals surface area contributed by atoms with E-state index in [0.717, 1.165) is 5.56 Å². The van der Waals surface area contributed by atoms with Crippen LogP contribution in [0.1, 0.15) is 18.0 Å². The SMILES string of the molecule is O=C(C1CC(c2ccc(F)cc2)NN1)N1CCN(S(=O)(=O)c2ccccc2)CC1. The van der Waals surface area contributed by atoms with Crippen molar-refractivity contribution in [1.29, 1.82) is 0 Å². The summed E-state index contributed by atoms with van der Waals surface area (Å²) >= 11 is 0. The van der Waals surface area contributed by atoms with Crippen molar-refractivity contribution in [3.8, 4) is 0 Å². The zero-order chi connectivity index (χ0) is 20.4. The number of halogens is 1. The summed E-state index contributed by atoms with van der Waals surface area (Å²) in [5.74, 6) is -0.352. The number of rotatable bonds is 4. The molecule has 2 aromatic carbocycles. The van der Waals surface area contributed by atoms with Gasteiger partial charge in [0.1, 0.15) is 11.9 Å². The van der Waals surface area contributed by atoms with Crippen molar-refractivity contribution in [2.75, 3.05) is 26.2 Å². The van der Waals surface area contributed by atoms with Crippen LogP contribution in [-0.2, 0) is 14.8 Å². The molecule has 2 saturated heterocycles. The van der Waals surface area contributed by atoms with Gasteiger partial charge in [0.2, 0.25) is 15.9 Å². The molecule has 29 heavy (non-hydrogen) atoms. The molecule has 2 aliphatic heterocycles. The average molecular weight is 418 g/mol. The van der Waals surface area contributed by atoms with E-state index < -0.39 is 16.1 Å². The van der Waals surface area contributed by atoms with Crippen molar-refractivity contribution < 1.29 is 17.6 Å². The second-order valence-electron chi connectivity index (χ2n) is 7.22. The smallest absolute Gasteiger partial charge is 0.243 e. The molecule has 2 N–H and O–H groups in total.